The summed E-state index contributed by atoms with van der Waals surface area (Å²) in [6, 6.07) is 38.2. The van der Waals surface area contributed by atoms with Crippen LogP contribution in [0.2, 0.25) is 0 Å². The van der Waals surface area contributed by atoms with Crippen molar-refractivity contribution < 1.29 is 23.3 Å². The minimum absolute atomic E-state index is 0.262. The van der Waals surface area contributed by atoms with Crippen LogP contribution in [0.5, 0.6) is 5.75 Å². The van der Waals surface area contributed by atoms with E-state index in [1.807, 2.05) is 60.7 Å². The fraction of sp³-hybridized carbons (Fsp3) is 0.121. The van der Waals surface area contributed by atoms with Crippen molar-refractivity contribution in [2.75, 3.05) is 14.1 Å². The van der Waals surface area contributed by atoms with Gasteiger partial charge in [-0.1, -0.05) is 72.8 Å². The molecule has 0 aliphatic rings. The molecule has 0 radical (unpaired) electrons. The summed E-state index contributed by atoms with van der Waals surface area (Å²) in [6.07, 6.45) is 1.79. The Bertz CT molecular complexity index is 1660. The van der Waals surface area contributed by atoms with E-state index >= 15 is 0 Å². The van der Waals surface area contributed by atoms with Crippen molar-refractivity contribution in [3.05, 3.63) is 121 Å². The van der Waals surface area contributed by atoms with Crippen molar-refractivity contribution in [2.45, 2.75) is 13.0 Å². The first-order valence-corrected chi connectivity index (χ1v) is 14.3. The standard InChI is InChI=1S/C19H13NO.C14H16N.ClH.Pd/c21-17-10-9-13-5-1-3-7-15(13)18(17)19-16-8-4-2-6-14(16)11-12-20-19;1-11(15(2)3)13-10-6-8-12-7-4-5-9-14(12)13;;/h1-12,21H;4-9,11H,1-3H3;1H;/q;-1;;+2/p-1/t;11-;;/m.1../s1. The first-order valence-electron chi connectivity index (χ1n) is 12.3. The summed E-state index contributed by atoms with van der Waals surface area (Å²) in [7, 11) is 8.68. The maximum absolute atomic E-state index is 10.4. The third-order valence-corrected chi connectivity index (χ3v) is 6.76. The molecule has 0 saturated heterocycles. The van der Waals surface area contributed by atoms with Crippen molar-refractivity contribution in [1.29, 1.82) is 0 Å². The van der Waals surface area contributed by atoms with Gasteiger partial charge in [-0.05, 0) is 49.3 Å². The molecule has 1 N–H and O–H groups in total. The molecule has 0 spiro atoms. The maximum atomic E-state index is 10.4. The number of rotatable bonds is 3. The van der Waals surface area contributed by atoms with Crippen LogP contribution in [0.1, 0.15) is 18.5 Å². The van der Waals surface area contributed by atoms with Crippen LogP contribution in [0.4, 0.5) is 0 Å². The van der Waals surface area contributed by atoms with E-state index in [-0.39, 0.29) is 5.75 Å². The summed E-state index contributed by atoms with van der Waals surface area (Å²) in [5.41, 5.74) is 2.89. The van der Waals surface area contributed by atoms with Crippen LogP contribution in [0.25, 0.3) is 43.6 Å². The van der Waals surface area contributed by atoms with Gasteiger partial charge in [-0.25, -0.2) is 0 Å². The van der Waals surface area contributed by atoms with Crippen LogP contribution in [0, 0.1) is 6.07 Å². The van der Waals surface area contributed by atoms with Crippen LogP contribution < -0.4 is 0 Å². The summed E-state index contributed by atoms with van der Waals surface area (Å²) in [6.45, 7) is 2.21. The Morgan fingerprint density at radius 3 is 1.95 bits per heavy atom. The molecule has 38 heavy (non-hydrogen) atoms. The summed E-state index contributed by atoms with van der Waals surface area (Å²) in [5, 5.41) is 17.3. The third-order valence-electron chi connectivity index (χ3n) is 6.76. The first kappa shape index (κ1) is 27.8. The molecule has 1 heterocycles. The van der Waals surface area contributed by atoms with Crippen LogP contribution in [0.15, 0.2) is 109 Å². The zero-order chi connectivity index (χ0) is 27.1. The van der Waals surface area contributed by atoms with Crippen LogP contribution in [-0.2, 0) is 18.2 Å². The molecule has 1 atom stereocenters. The molecule has 0 aliphatic heterocycles. The van der Waals surface area contributed by atoms with Gasteiger partial charge in [0, 0.05) is 17.6 Å². The number of hydrogen-bond donors (Lipinski definition) is 1. The molecule has 6 aromatic rings. The fourth-order valence-electron chi connectivity index (χ4n) is 4.62. The summed E-state index contributed by atoms with van der Waals surface area (Å²) in [4.78, 5) is 6.73. The van der Waals surface area contributed by atoms with Gasteiger partial charge in [0.1, 0.15) is 5.75 Å². The van der Waals surface area contributed by atoms with Gasteiger partial charge in [0.2, 0.25) is 0 Å². The molecule has 3 nitrogen and oxygen atoms in total. The number of pyridine rings is 1. The molecule has 5 aromatic carbocycles. The SMILES string of the molecule is C[C@H](c1[c-]ccc2ccccc12)N(C)C.Oc1ccc2ccccc2c1-c1nccc2ccccc12.[Cl][Pd+]. The van der Waals surface area contributed by atoms with Gasteiger partial charge in [0.05, 0.1) is 11.3 Å². The van der Waals surface area contributed by atoms with Gasteiger partial charge in [0.25, 0.3) is 0 Å². The molecule has 194 valence electrons. The van der Waals surface area contributed by atoms with Gasteiger partial charge < -0.3 is 10.0 Å². The molecule has 0 amide bonds. The van der Waals surface area contributed by atoms with Gasteiger partial charge in [-0.2, -0.15) is 18.2 Å². The average Bonchev–Trinajstić information content (AvgIpc) is 2.97. The molecule has 6 rings (SSSR count). The van der Waals surface area contributed by atoms with Crippen molar-refractivity contribution in [2.24, 2.45) is 0 Å². The Labute approximate surface area is 239 Å². The number of aromatic nitrogens is 1. The van der Waals surface area contributed by atoms with Crippen LogP contribution in [-0.4, -0.2) is 29.1 Å². The number of phenols is 1. The van der Waals surface area contributed by atoms with Gasteiger partial charge in [-0.15, -0.1) is 22.4 Å². The zero-order valence-corrected chi connectivity index (χ0v) is 23.8. The second kappa shape index (κ2) is 13.0. The fourth-order valence-corrected chi connectivity index (χ4v) is 4.62. The quantitative estimate of drug-likeness (QED) is 0.161. The normalized spacial score (nSPS) is 11.6. The van der Waals surface area contributed by atoms with Crippen molar-refractivity contribution in [3.63, 3.8) is 0 Å². The second-order valence-electron chi connectivity index (χ2n) is 9.18. The van der Waals surface area contributed by atoms with Gasteiger partial charge >= 0.3 is 27.7 Å². The van der Waals surface area contributed by atoms with E-state index in [1.165, 1.54) is 16.3 Å². The number of aromatic hydroxyl groups is 1. The Kier molecular flexibility index (Phi) is 9.50. The number of hydrogen-bond acceptors (Lipinski definition) is 3. The molecule has 5 heteroatoms. The van der Waals surface area contributed by atoms with E-state index < -0.39 is 0 Å². The first-order chi connectivity index (χ1) is 18.5. The topological polar surface area (TPSA) is 36.4 Å². The van der Waals surface area contributed by atoms with Gasteiger partial charge in [-0.3, -0.25) is 4.98 Å². The predicted molar refractivity (Wildman–Crippen MR) is 157 cm³/mol. The van der Waals surface area contributed by atoms with Gasteiger partial charge in [0.15, 0.2) is 0 Å². The zero-order valence-electron chi connectivity index (χ0n) is 21.5. The Balaban J connectivity index is 0.000000175. The number of halogens is 1. The van der Waals surface area contributed by atoms with Crippen molar-refractivity contribution in [1.82, 2.24) is 9.88 Å². The summed E-state index contributed by atoms with van der Waals surface area (Å²) >= 11 is 2.22. The molecule has 0 bridgehead atoms. The molecule has 0 aliphatic carbocycles. The van der Waals surface area contributed by atoms with E-state index in [9.17, 15) is 5.11 Å². The minimum atomic E-state index is 0.262. The Morgan fingerprint density at radius 1 is 0.737 bits per heavy atom. The monoisotopic (exact) mass is 610 g/mol. The van der Waals surface area contributed by atoms with Crippen LogP contribution >= 0.6 is 9.53 Å². The van der Waals surface area contributed by atoms with E-state index in [0.29, 0.717) is 6.04 Å². The Morgan fingerprint density at radius 2 is 1.29 bits per heavy atom. The Hall–Kier alpha value is -3.26. The summed E-state index contributed by atoms with van der Waals surface area (Å²) in [5.74, 6) is 0.262. The number of phenolic OH excluding ortho intramolecular Hbond substituents is 1. The molecule has 1 aromatic heterocycles. The number of fused-ring (bicyclic) bond motifs is 3. The van der Waals surface area contributed by atoms with Crippen molar-refractivity contribution >= 4 is 41.8 Å². The van der Waals surface area contributed by atoms with E-state index in [1.54, 1.807) is 12.3 Å². The van der Waals surface area contributed by atoms with E-state index in [4.69, 9.17) is 0 Å². The molecule has 0 unspecified atom stereocenters. The third kappa shape index (κ3) is 5.91. The molecular weight excluding hydrogens is 582 g/mol. The molecule has 0 fully saturated rings. The van der Waals surface area contributed by atoms with E-state index in [2.05, 4.69) is 101 Å². The predicted octanol–water partition coefficient (Wildman–Crippen LogP) is 8.71. The molecule has 0 saturated carbocycles. The second-order valence-corrected chi connectivity index (χ2v) is 9.18. The summed E-state index contributed by atoms with van der Waals surface area (Å²) < 4.78 is 0. The number of benzene rings is 5. The molecular formula is C33H29ClN2OPd. The van der Waals surface area contributed by atoms with Crippen LogP contribution in [0.3, 0.4) is 0 Å². The van der Waals surface area contributed by atoms with E-state index in [0.717, 1.165) is 32.8 Å². The number of nitrogens with zero attached hydrogens (tertiary/aromatic N) is 2. The van der Waals surface area contributed by atoms with Crippen molar-refractivity contribution in [3.8, 4) is 17.0 Å². The average molecular weight is 611 g/mol.